The van der Waals surface area contributed by atoms with Gasteiger partial charge in [0, 0.05) is 12.4 Å². The maximum absolute atomic E-state index is 12.5. The van der Waals surface area contributed by atoms with Crippen LogP contribution >= 0.6 is 0 Å². The molecule has 3 aromatic rings. The lowest BCUT2D eigenvalue weighted by Crippen LogP contribution is -2.10. The van der Waals surface area contributed by atoms with Crippen LogP contribution in [0.1, 0.15) is 17.5 Å². The van der Waals surface area contributed by atoms with Crippen molar-refractivity contribution in [3.63, 3.8) is 0 Å². The lowest BCUT2D eigenvalue weighted by Gasteiger charge is -2.09. The summed E-state index contributed by atoms with van der Waals surface area (Å²) in [4.78, 5) is 0.208. The maximum Gasteiger partial charge on any atom is 0.339 e. The van der Waals surface area contributed by atoms with Crippen LogP contribution in [-0.2, 0) is 23.0 Å². The summed E-state index contributed by atoms with van der Waals surface area (Å²) in [6, 6.07) is 13.8. The third-order valence-corrected chi connectivity index (χ3v) is 5.41. The van der Waals surface area contributed by atoms with Crippen LogP contribution in [0.2, 0.25) is 0 Å². The molecular weight excluding hydrogens is 324 g/mol. The Hall–Kier alpha value is -2.60. The molecule has 0 unspecified atom stereocenters. The molecule has 1 aliphatic rings. The van der Waals surface area contributed by atoms with Crippen molar-refractivity contribution in [1.82, 2.24) is 9.78 Å². The van der Waals surface area contributed by atoms with Crippen LogP contribution in [0.25, 0.3) is 5.69 Å². The second kappa shape index (κ2) is 5.79. The second-order valence-electron chi connectivity index (χ2n) is 5.77. The van der Waals surface area contributed by atoms with E-state index in [0.717, 1.165) is 30.5 Å². The molecule has 122 valence electrons. The summed E-state index contributed by atoms with van der Waals surface area (Å²) in [5, 5.41) is 4.13. The van der Waals surface area contributed by atoms with Crippen molar-refractivity contribution in [2.75, 3.05) is 0 Å². The van der Waals surface area contributed by atoms with E-state index >= 15 is 0 Å². The van der Waals surface area contributed by atoms with Gasteiger partial charge in [0.25, 0.3) is 0 Å². The molecule has 0 atom stereocenters. The first-order valence-electron chi connectivity index (χ1n) is 7.78. The van der Waals surface area contributed by atoms with E-state index in [1.165, 1.54) is 5.56 Å². The van der Waals surface area contributed by atoms with Gasteiger partial charge in [-0.2, -0.15) is 13.5 Å². The van der Waals surface area contributed by atoms with Gasteiger partial charge in [0.2, 0.25) is 0 Å². The van der Waals surface area contributed by atoms with Gasteiger partial charge in [-0.15, -0.1) is 0 Å². The molecule has 2 aromatic carbocycles. The fourth-order valence-corrected chi connectivity index (χ4v) is 3.94. The molecule has 1 aliphatic carbocycles. The van der Waals surface area contributed by atoms with Crippen molar-refractivity contribution < 1.29 is 12.6 Å². The zero-order chi connectivity index (χ0) is 16.6. The molecule has 0 N–H and O–H groups in total. The van der Waals surface area contributed by atoms with Crippen molar-refractivity contribution in [3.05, 3.63) is 72.1 Å². The predicted molar refractivity (Wildman–Crippen MR) is 89.8 cm³/mol. The summed E-state index contributed by atoms with van der Waals surface area (Å²) in [6.07, 6.45) is 6.52. The monoisotopic (exact) mass is 340 g/mol. The number of hydrogen-bond donors (Lipinski definition) is 0. The minimum atomic E-state index is -3.82. The maximum atomic E-state index is 12.5. The van der Waals surface area contributed by atoms with Gasteiger partial charge in [-0.25, -0.2) is 4.68 Å². The van der Waals surface area contributed by atoms with Crippen molar-refractivity contribution in [1.29, 1.82) is 0 Å². The van der Waals surface area contributed by atoms with Crippen LogP contribution in [-0.4, -0.2) is 18.2 Å². The minimum Gasteiger partial charge on any atom is -0.379 e. The lowest BCUT2D eigenvalue weighted by atomic mass is 10.1. The van der Waals surface area contributed by atoms with E-state index in [9.17, 15) is 8.42 Å². The third kappa shape index (κ3) is 2.80. The van der Waals surface area contributed by atoms with Gasteiger partial charge in [-0.1, -0.05) is 6.07 Å². The van der Waals surface area contributed by atoms with Crippen LogP contribution in [0.3, 0.4) is 0 Å². The summed E-state index contributed by atoms with van der Waals surface area (Å²) in [7, 11) is -3.82. The zero-order valence-electron chi connectivity index (χ0n) is 12.9. The fraction of sp³-hybridized carbons (Fsp3) is 0.167. The Morgan fingerprint density at radius 3 is 2.54 bits per heavy atom. The number of rotatable bonds is 4. The van der Waals surface area contributed by atoms with Crippen molar-refractivity contribution >= 4 is 10.1 Å². The minimum absolute atomic E-state index is 0.208. The number of aromatic nitrogens is 2. The van der Waals surface area contributed by atoms with E-state index < -0.39 is 10.1 Å². The average molecular weight is 340 g/mol. The van der Waals surface area contributed by atoms with Crippen molar-refractivity contribution in [2.45, 2.75) is 24.2 Å². The van der Waals surface area contributed by atoms with Gasteiger partial charge in [-0.05, 0) is 72.9 Å². The van der Waals surface area contributed by atoms with Gasteiger partial charge >= 0.3 is 10.1 Å². The van der Waals surface area contributed by atoms with E-state index in [0.29, 0.717) is 0 Å². The van der Waals surface area contributed by atoms with E-state index in [1.807, 2.05) is 18.3 Å². The Morgan fingerprint density at radius 2 is 1.79 bits per heavy atom. The molecule has 0 saturated carbocycles. The van der Waals surface area contributed by atoms with Crippen molar-refractivity contribution in [3.8, 4) is 11.4 Å². The Bertz CT molecular complexity index is 962. The molecule has 24 heavy (non-hydrogen) atoms. The van der Waals surface area contributed by atoms with Crippen molar-refractivity contribution in [2.24, 2.45) is 0 Å². The molecule has 0 fully saturated rings. The van der Waals surface area contributed by atoms with Crippen LogP contribution < -0.4 is 4.18 Å². The van der Waals surface area contributed by atoms with Crippen LogP contribution in [0.15, 0.2) is 65.8 Å². The molecule has 0 amide bonds. The average Bonchev–Trinajstić information content (AvgIpc) is 3.26. The number of benzene rings is 2. The Kier molecular flexibility index (Phi) is 3.61. The molecular formula is C18H16N2O3S. The number of nitrogens with zero attached hydrogens (tertiary/aromatic N) is 2. The van der Waals surface area contributed by atoms with Crippen LogP contribution in [0, 0.1) is 0 Å². The molecule has 0 spiro atoms. The van der Waals surface area contributed by atoms with Gasteiger partial charge in [-0.3, -0.25) is 0 Å². The highest BCUT2D eigenvalue weighted by Crippen LogP contribution is 2.26. The standard InChI is InChI=1S/C18H16N2O3S/c21-24(22,18-10-5-14-3-1-4-15(14)13-18)23-17-8-6-16(7-9-17)20-12-2-11-19-20/h2,5-13H,1,3-4H2. The summed E-state index contributed by atoms with van der Waals surface area (Å²) in [5.74, 6) is 0.284. The zero-order valence-corrected chi connectivity index (χ0v) is 13.7. The van der Waals surface area contributed by atoms with Gasteiger partial charge in [0.05, 0.1) is 5.69 Å². The normalized spacial score (nSPS) is 13.7. The highest BCUT2D eigenvalue weighted by Gasteiger charge is 2.20. The molecule has 1 aromatic heterocycles. The summed E-state index contributed by atoms with van der Waals surface area (Å²) in [6.45, 7) is 0. The number of fused-ring (bicyclic) bond motifs is 1. The first-order valence-corrected chi connectivity index (χ1v) is 9.19. The summed E-state index contributed by atoms with van der Waals surface area (Å²) >= 11 is 0. The molecule has 4 rings (SSSR count). The van der Waals surface area contributed by atoms with Crippen LogP contribution in [0.5, 0.6) is 5.75 Å². The van der Waals surface area contributed by atoms with Crippen LogP contribution in [0.4, 0.5) is 0 Å². The number of hydrogen-bond acceptors (Lipinski definition) is 4. The van der Waals surface area contributed by atoms with Gasteiger partial charge in [0.15, 0.2) is 0 Å². The van der Waals surface area contributed by atoms with E-state index in [4.69, 9.17) is 4.18 Å². The SMILES string of the molecule is O=S(=O)(Oc1ccc(-n2cccn2)cc1)c1ccc2c(c1)CCC2. The molecule has 0 saturated heterocycles. The molecule has 1 heterocycles. The summed E-state index contributed by atoms with van der Waals surface area (Å²) < 4.78 is 31.9. The van der Waals surface area contributed by atoms with E-state index in [-0.39, 0.29) is 10.6 Å². The lowest BCUT2D eigenvalue weighted by molar-refractivity contribution is 0.486. The molecule has 0 radical (unpaired) electrons. The topological polar surface area (TPSA) is 61.2 Å². The van der Waals surface area contributed by atoms with Gasteiger partial charge < -0.3 is 4.18 Å². The second-order valence-corrected chi connectivity index (χ2v) is 7.31. The molecule has 0 aliphatic heterocycles. The Morgan fingerprint density at radius 1 is 1.00 bits per heavy atom. The highest BCUT2D eigenvalue weighted by molar-refractivity contribution is 7.87. The Labute approximate surface area is 140 Å². The van der Waals surface area contributed by atoms with Gasteiger partial charge in [0.1, 0.15) is 10.6 Å². The number of aryl methyl sites for hydroxylation is 2. The fourth-order valence-electron chi connectivity index (χ4n) is 2.95. The largest absolute Gasteiger partial charge is 0.379 e. The van der Waals surface area contributed by atoms with E-state index in [2.05, 4.69) is 5.10 Å². The highest BCUT2D eigenvalue weighted by atomic mass is 32.2. The Balaban J connectivity index is 1.57. The third-order valence-electron chi connectivity index (χ3n) is 4.17. The molecule has 0 bridgehead atoms. The van der Waals surface area contributed by atoms with E-state index in [1.54, 1.807) is 47.3 Å². The summed E-state index contributed by atoms with van der Waals surface area (Å²) in [5.41, 5.74) is 3.17. The molecule has 6 heteroatoms. The first kappa shape index (κ1) is 15.0. The quantitative estimate of drug-likeness (QED) is 0.685. The smallest absolute Gasteiger partial charge is 0.339 e. The predicted octanol–water partition coefficient (Wildman–Crippen LogP) is 3.13. The molecule has 5 nitrogen and oxygen atoms in total. The first-order chi connectivity index (χ1) is 11.6.